The molecule has 0 aromatic carbocycles. The minimum Gasteiger partial charge on any atom is -0.243 e. The Morgan fingerprint density at radius 3 is 0.690 bits per heavy atom. The summed E-state index contributed by atoms with van der Waals surface area (Å²) in [5.74, 6) is -9.88. The second-order valence-corrected chi connectivity index (χ2v) is 4.50. The van der Waals surface area contributed by atoms with Crippen LogP contribution in [-0.4, -0.2) is 36.9 Å². The van der Waals surface area contributed by atoms with Gasteiger partial charge in [-0.3, -0.25) is 0 Å². The van der Waals surface area contributed by atoms with E-state index in [0.29, 0.717) is 0 Å². The highest BCUT2D eigenvalue weighted by atomic mass is 19.4. The van der Waals surface area contributed by atoms with Crippen LogP contribution in [-0.2, 0) is 4.74 Å². The molecule has 19 heteroatoms. The van der Waals surface area contributed by atoms with Crippen LogP contribution in [0.5, 0.6) is 0 Å². The molecular formula is C10F18O. The van der Waals surface area contributed by atoms with Crippen LogP contribution in [0.1, 0.15) is 0 Å². The lowest BCUT2D eigenvalue weighted by molar-refractivity contribution is -0.357. The van der Waals surface area contributed by atoms with Crippen LogP contribution in [0, 0.1) is 0 Å². The van der Waals surface area contributed by atoms with E-state index in [1.165, 1.54) is 0 Å². The molecule has 0 aliphatic carbocycles. The molecule has 0 bridgehead atoms. The summed E-state index contributed by atoms with van der Waals surface area (Å²) >= 11 is 0. The fourth-order valence-electron chi connectivity index (χ4n) is 1.36. The Balaban J connectivity index is 6.61. The van der Waals surface area contributed by atoms with E-state index < -0.39 is 59.7 Å². The van der Waals surface area contributed by atoms with E-state index in [1.54, 1.807) is 4.74 Å². The van der Waals surface area contributed by atoms with E-state index in [4.69, 9.17) is 0 Å². The summed E-state index contributed by atoms with van der Waals surface area (Å²) in [6.07, 6.45) is -42.7. The van der Waals surface area contributed by atoms with Crippen LogP contribution in [0.15, 0.2) is 22.8 Å². The van der Waals surface area contributed by atoms with Crippen molar-refractivity contribution in [2.24, 2.45) is 0 Å². The third-order valence-electron chi connectivity index (χ3n) is 2.34. The molecule has 0 rings (SSSR count). The Morgan fingerprint density at radius 2 is 0.552 bits per heavy atom. The average Bonchev–Trinajstić information content (AvgIpc) is 2.29. The number of hydrogen-bond acceptors (Lipinski definition) is 1. The van der Waals surface area contributed by atoms with Crippen molar-refractivity contribution in [3.8, 4) is 0 Å². The van der Waals surface area contributed by atoms with E-state index in [-0.39, 0.29) is 0 Å². The monoisotopic (exact) mass is 478 g/mol. The molecule has 1 nitrogen and oxygen atoms in total. The van der Waals surface area contributed by atoms with Gasteiger partial charge in [0.2, 0.25) is 11.7 Å². The molecule has 0 aromatic heterocycles. The predicted octanol–water partition coefficient (Wildman–Crippen LogP) is 6.89. The van der Waals surface area contributed by atoms with Crippen molar-refractivity contribution in [3.63, 3.8) is 0 Å². The molecule has 0 saturated heterocycles. The number of alkyl halides is 16. The van der Waals surface area contributed by atoms with Gasteiger partial charge in [-0.15, -0.1) is 0 Å². The minimum atomic E-state index is -7.19. The molecule has 0 unspecified atom stereocenters. The highest BCUT2D eigenvalue weighted by molar-refractivity contribution is 5.25. The molecular weight excluding hydrogens is 478 g/mol. The maximum absolute atomic E-state index is 13.0. The zero-order valence-corrected chi connectivity index (χ0v) is 12.2. The summed E-state index contributed by atoms with van der Waals surface area (Å²) in [6.45, 7) is 0. The fourth-order valence-corrected chi connectivity index (χ4v) is 1.36. The van der Waals surface area contributed by atoms with Crippen molar-refractivity contribution in [2.45, 2.75) is 36.9 Å². The standard InChI is InChI=1S/C10F18O/c11-3(1(5(13,14)15)6(16,17)18)9(25,26)29-10(27,28)4(12)2(7(19,20)21)8(22,23)24. The maximum Gasteiger partial charge on any atom is 0.424 e. The van der Waals surface area contributed by atoms with E-state index in [9.17, 15) is 79.0 Å². The largest absolute Gasteiger partial charge is 0.424 e. The van der Waals surface area contributed by atoms with Crippen molar-refractivity contribution < 1.29 is 83.8 Å². The first-order chi connectivity index (χ1) is 12.3. The van der Waals surface area contributed by atoms with Crippen LogP contribution in [0.3, 0.4) is 0 Å². The van der Waals surface area contributed by atoms with Gasteiger partial charge < -0.3 is 0 Å². The number of hydrogen-bond donors (Lipinski definition) is 0. The average molecular weight is 478 g/mol. The highest BCUT2D eigenvalue weighted by Crippen LogP contribution is 2.49. The van der Waals surface area contributed by atoms with Gasteiger partial charge in [0, 0.05) is 0 Å². The molecule has 0 spiro atoms. The maximum atomic E-state index is 13.0. The van der Waals surface area contributed by atoms with Gasteiger partial charge in [-0.2, -0.15) is 70.2 Å². The van der Waals surface area contributed by atoms with Crippen LogP contribution in [0.4, 0.5) is 79.0 Å². The second kappa shape index (κ2) is 7.46. The summed E-state index contributed by atoms with van der Waals surface area (Å²) in [5, 5.41) is 0. The van der Waals surface area contributed by atoms with E-state index in [2.05, 4.69) is 0 Å². The first-order valence-electron chi connectivity index (χ1n) is 5.81. The number of halogens is 18. The van der Waals surface area contributed by atoms with Gasteiger partial charge in [0.25, 0.3) is 0 Å². The van der Waals surface area contributed by atoms with Crippen molar-refractivity contribution in [2.75, 3.05) is 0 Å². The van der Waals surface area contributed by atoms with Gasteiger partial charge in [0.15, 0.2) is 11.1 Å². The zero-order chi connectivity index (χ0) is 24.0. The SMILES string of the molecule is FC(=C(C(F)(F)F)C(F)(F)F)C(F)(F)OC(F)(F)C(F)=C(C(F)(F)F)C(F)(F)F. The number of ether oxygens (including phenoxy) is 1. The Bertz CT molecular complexity index is 575. The lowest BCUT2D eigenvalue weighted by Crippen LogP contribution is -2.40. The van der Waals surface area contributed by atoms with E-state index >= 15 is 0 Å². The number of allylic oxidation sites excluding steroid dienone is 2. The molecule has 0 fully saturated rings. The summed E-state index contributed by atoms with van der Waals surface area (Å²) in [5.41, 5.74) is -9.66. The van der Waals surface area contributed by atoms with E-state index in [0.717, 1.165) is 0 Å². The van der Waals surface area contributed by atoms with E-state index in [1.807, 2.05) is 0 Å². The summed E-state index contributed by atoms with van der Waals surface area (Å²) in [6, 6.07) is 0. The molecule has 0 aromatic rings. The molecule has 0 N–H and O–H groups in total. The quantitative estimate of drug-likeness (QED) is 0.401. The first-order valence-corrected chi connectivity index (χ1v) is 5.81. The first kappa shape index (κ1) is 27.2. The second-order valence-electron chi connectivity index (χ2n) is 4.50. The van der Waals surface area contributed by atoms with Gasteiger partial charge in [0.1, 0.15) is 0 Å². The Kier molecular flexibility index (Phi) is 6.99. The molecule has 0 aliphatic rings. The summed E-state index contributed by atoms with van der Waals surface area (Å²) < 4.78 is 224. The topological polar surface area (TPSA) is 9.23 Å². The zero-order valence-electron chi connectivity index (χ0n) is 12.2. The number of rotatable bonds is 4. The van der Waals surface area contributed by atoms with Gasteiger partial charge in [-0.1, -0.05) is 0 Å². The van der Waals surface area contributed by atoms with Gasteiger partial charge in [-0.05, 0) is 0 Å². The molecule has 0 heterocycles. The van der Waals surface area contributed by atoms with Crippen molar-refractivity contribution in [1.82, 2.24) is 0 Å². The Labute approximate surface area is 145 Å². The third kappa shape index (κ3) is 6.59. The normalized spacial score (nSPS) is 14.7. The molecule has 29 heavy (non-hydrogen) atoms. The lowest BCUT2D eigenvalue weighted by atomic mass is 10.2. The van der Waals surface area contributed by atoms with Crippen molar-refractivity contribution >= 4 is 0 Å². The van der Waals surface area contributed by atoms with Crippen LogP contribution in [0.2, 0.25) is 0 Å². The lowest BCUT2D eigenvalue weighted by Gasteiger charge is -2.26. The van der Waals surface area contributed by atoms with Gasteiger partial charge in [-0.25, -0.2) is 13.5 Å². The molecule has 0 saturated carbocycles. The molecule has 0 amide bonds. The van der Waals surface area contributed by atoms with Gasteiger partial charge in [0.05, 0.1) is 0 Å². The predicted molar refractivity (Wildman–Crippen MR) is 51.5 cm³/mol. The summed E-state index contributed by atoms with van der Waals surface area (Å²) in [7, 11) is 0. The van der Waals surface area contributed by atoms with Gasteiger partial charge >= 0.3 is 36.9 Å². The molecule has 0 radical (unpaired) electrons. The van der Waals surface area contributed by atoms with Crippen LogP contribution < -0.4 is 0 Å². The molecule has 0 atom stereocenters. The Hall–Kier alpha value is -1.82. The van der Waals surface area contributed by atoms with Crippen LogP contribution in [0.25, 0.3) is 0 Å². The molecule has 172 valence electrons. The van der Waals surface area contributed by atoms with Crippen LogP contribution >= 0.6 is 0 Å². The van der Waals surface area contributed by atoms with Crippen molar-refractivity contribution in [3.05, 3.63) is 22.8 Å². The third-order valence-corrected chi connectivity index (χ3v) is 2.34. The summed E-state index contributed by atoms with van der Waals surface area (Å²) in [4.78, 5) is 0. The smallest absolute Gasteiger partial charge is 0.243 e. The minimum absolute atomic E-state index is 1.56. The fraction of sp³-hybridized carbons (Fsp3) is 0.600. The molecule has 0 aliphatic heterocycles. The Morgan fingerprint density at radius 1 is 0.379 bits per heavy atom. The van der Waals surface area contributed by atoms with Crippen molar-refractivity contribution in [1.29, 1.82) is 0 Å². The highest BCUT2D eigenvalue weighted by Gasteiger charge is 2.64.